The van der Waals surface area contributed by atoms with Crippen molar-refractivity contribution in [2.24, 2.45) is 0 Å². The Labute approximate surface area is 168 Å². The van der Waals surface area contributed by atoms with E-state index in [0.717, 1.165) is 0 Å². The van der Waals surface area contributed by atoms with Crippen LogP contribution in [0.25, 0.3) is 0 Å². The summed E-state index contributed by atoms with van der Waals surface area (Å²) in [7, 11) is 0. The van der Waals surface area contributed by atoms with Gasteiger partial charge in [-0.2, -0.15) is 0 Å². The van der Waals surface area contributed by atoms with Gasteiger partial charge < -0.3 is 24.3 Å². The topological polar surface area (TPSA) is 100 Å². The summed E-state index contributed by atoms with van der Waals surface area (Å²) in [6.07, 6.45) is 0. The maximum absolute atomic E-state index is 11.9. The normalized spacial score (nSPS) is 10.0. The van der Waals surface area contributed by atoms with E-state index in [2.05, 4.69) is 5.32 Å². The van der Waals surface area contributed by atoms with Crippen LogP contribution in [-0.2, 0) is 19.1 Å². The molecular formula is C21H23NO7. The minimum atomic E-state index is -0.691. The fourth-order valence-corrected chi connectivity index (χ4v) is 2.27. The summed E-state index contributed by atoms with van der Waals surface area (Å²) in [4.78, 5) is 35.3. The molecule has 0 radical (unpaired) electrons. The van der Waals surface area contributed by atoms with Crippen LogP contribution in [0.4, 0.5) is 5.69 Å². The Morgan fingerprint density at radius 1 is 0.793 bits per heavy atom. The third kappa shape index (κ3) is 7.17. The van der Waals surface area contributed by atoms with Crippen LogP contribution in [0.15, 0.2) is 48.5 Å². The number of esters is 2. The highest BCUT2D eigenvalue weighted by atomic mass is 16.6. The van der Waals surface area contributed by atoms with Crippen LogP contribution in [-0.4, -0.2) is 44.3 Å². The molecule has 0 bridgehead atoms. The zero-order valence-corrected chi connectivity index (χ0v) is 16.3. The first-order valence-electron chi connectivity index (χ1n) is 9.10. The van der Waals surface area contributed by atoms with Gasteiger partial charge in [0.05, 0.1) is 18.8 Å². The van der Waals surface area contributed by atoms with Gasteiger partial charge >= 0.3 is 11.9 Å². The van der Waals surface area contributed by atoms with E-state index in [1.807, 2.05) is 6.92 Å². The second-order valence-electron chi connectivity index (χ2n) is 5.68. The molecule has 154 valence electrons. The molecule has 8 nitrogen and oxygen atoms in total. The molecule has 1 amide bonds. The molecule has 0 saturated carbocycles. The minimum absolute atomic E-state index is 0.281. The van der Waals surface area contributed by atoms with Crippen molar-refractivity contribution in [3.8, 4) is 11.5 Å². The van der Waals surface area contributed by atoms with Crippen molar-refractivity contribution in [1.82, 2.24) is 0 Å². The lowest BCUT2D eigenvalue weighted by molar-refractivity contribution is -0.149. The summed E-state index contributed by atoms with van der Waals surface area (Å²) >= 11 is 0. The average Bonchev–Trinajstić information content (AvgIpc) is 2.72. The van der Waals surface area contributed by atoms with Gasteiger partial charge in [-0.3, -0.25) is 4.79 Å². The molecule has 2 rings (SSSR count). The van der Waals surface area contributed by atoms with Gasteiger partial charge in [-0.05, 0) is 50.2 Å². The Kier molecular flexibility index (Phi) is 8.50. The zero-order valence-electron chi connectivity index (χ0n) is 16.3. The second kappa shape index (κ2) is 11.3. The molecule has 1 N–H and O–H groups in total. The van der Waals surface area contributed by atoms with Crippen LogP contribution in [0.1, 0.15) is 24.2 Å². The van der Waals surface area contributed by atoms with Gasteiger partial charge in [-0.25, -0.2) is 9.59 Å². The van der Waals surface area contributed by atoms with Crippen molar-refractivity contribution in [3.63, 3.8) is 0 Å². The maximum Gasteiger partial charge on any atom is 0.344 e. The van der Waals surface area contributed by atoms with Gasteiger partial charge in [0.1, 0.15) is 0 Å². The van der Waals surface area contributed by atoms with E-state index in [1.165, 1.54) is 12.1 Å². The van der Waals surface area contributed by atoms with Crippen molar-refractivity contribution in [2.75, 3.05) is 31.7 Å². The number of ether oxygens (including phenoxy) is 4. The number of para-hydroxylation sites is 2. The number of carbonyl (C=O) groups is 3. The van der Waals surface area contributed by atoms with E-state index in [0.29, 0.717) is 29.4 Å². The van der Waals surface area contributed by atoms with Crippen molar-refractivity contribution in [1.29, 1.82) is 0 Å². The SMILES string of the molecule is CCOC(=O)c1ccc(NC(=O)COC(=O)COc2ccccc2OCC)cc1. The Balaban J connectivity index is 1.76. The highest BCUT2D eigenvalue weighted by molar-refractivity contribution is 5.94. The molecule has 0 unspecified atom stereocenters. The Bertz CT molecular complexity index is 833. The van der Waals surface area contributed by atoms with Crippen molar-refractivity contribution < 1.29 is 33.3 Å². The summed E-state index contributed by atoms with van der Waals surface area (Å²) in [5, 5.41) is 2.57. The van der Waals surface area contributed by atoms with Gasteiger partial charge in [0.15, 0.2) is 24.7 Å². The molecule has 0 aliphatic heterocycles. The second-order valence-corrected chi connectivity index (χ2v) is 5.68. The number of anilines is 1. The molecule has 29 heavy (non-hydrogen) atoms. The summed E-state index contributed by atoms with van der Waals surface area (Å²) in [5.41, 5.74) is 0.835. The average molecular weight is 401 g/mol. The van der Waals surface area contributed by atoms with Gasteiger partial charge in [0.2, 0.25) is 0 Å². The van der Waals surface area contributed by atoms with Crippen molar-refractivity contribution >= 4 is 23.5 Å². The quantitative estimate of drug-likeness (QED) is 0.611. The van der Waals surface area contributed by atoms with Gasteiger partial charge in [0, 0.05) is 5.69 Å². The molecule has 0 atom stereocenters. The fourth-order valence-electron chi connectivity index (χ4n) is 2.27. The molecule has 0 spiro atoms. The Morgan fingerprint density at radius 2 is 1.45 bits per heavy atom. The molecule has 0 saturated heterocycles. The number of hydrogen-bond acceptors (Lipinski definition) is 7. The van der Waals surface area contributed by atoms with Gasteiger partial charge in [0.25, 0.3) is 5.91 Å². The molecule has 0 aromatic heterocycles. The van der Waals surface area contributed by atoms with Crippen LogP contribution in [0.3, 0.4) is 0 Å². The van der Waals surface area contributed by atoms with E-state index in [9.17, 15) is 14.4 Å². The lowest BCUT2D eigenvalue weighted by atomic mass is 10.2. The predicted octanol–water partition coefficient (Wildman–Crippen LogP) is 2.82. The number of benzene rings is 2. The molecular weight excluding hydrogens is 378 g/mol. The van der Waals surface area contributed by atoms with E-state index < -0.39 is 24.5 Å². The summed E-state index contributed by atoms with van der Waals surface area (Å²) in [5.74, 6) is -0.712. The van der Waals surface area contributed by atoms with Crippen LogP contribution < -0.4 is 14.8 Å². The molecule has 2 aromatic rings. The smallest absolute Gasteiger partial charge is 0.344 e. The third-order valence-electron chi connectivity index (χ3n) is 3.54. The number of carbonyl (C=O) groups excluding carboxylic acids is 3. The minimum Gasteiger partial charge on any atom is -0.490 e. The van der Waals surface area contributed by atoms with Crippen LogP contribution >= 0.6 is 0 Å². The fraction of sp³-hybridized carbons (Fsp3) is 0.286. The van der Waals surface area contributed by atoms with E-state index in [1.54, 1.807) is 43.3 Å². The van der Waals surface area contributed by atoms with E-state index >= 15 is 0 Å². The molecule has 0 heterocycles. The summed E-state index contributed by atoms with van der Waals surface area (Å²) in [6, 6.07) is 13.1. The number of rotatable bonds is 10. The van der Waals surface area contributed by atoms with Gasteiger partial charge in [-0.15, -0.1) is 0 Å². The van der Waals surface area contributed by atoms with Crippen LogP contribution in [0.5, 0.6) is 11.5 Å². The first kappa shape index (κ1) is 21.7. The highest BCUT2D eigenvalue weighted by Gasteiger charge is 2.11. The molecule has 0 aliphatic rings. The number of hydrogen-bond donors (Lipinski definition) is 1. The summed E-state index contributed by atoms with van der Waals surface area (Å²) in [6.45, 7) is 3.49. The lowest BCUT2D eigenvalue weighted by Gasteiger charge is -2.11. The van der Waals surface area contributed by atoms with Crippen molar-refractivity contribution in [3.05, 3.63) is 54.1 Å². The number of amides is 1. The predicted molar refractivity (Wildman–Crippen MR) is 105 cm³/mol. The van der Waals surface area contributed by atoms with E-state index in [4.69, 9.17) is 18.9 Å². The molecule has 2 aromatic carbocycles. The summed E-state index contributed by atoms with van der Waals surface area (Å²) < 4.78 is 20.6. The van der Waals surface area contributed by atoms with Crippen molar-refractivity contribution in [2.45, 2.75) is 13.8 Å². The Morgan fingerprint density at radius 3 is 2.07 bits per heavy atom. The monoisotopic (exact) mass is 401 g/mol. The largest absolute Gasteiger partial charge is 0.490 e. The number of nitrogens with one attached hydrogen (secondary N) is 1. The molecule has 0 fully saturated rings. The highest BCUT2D eigenvalue weighted by Crippen LogP contribution is 2.26. The standard InChI is InChI=1S/C21H23NO7/c1-3-26-17-7-5-6-8-18(17)28-14-20(24)29-13-19(23)22-16-11-9-15(10-12-16)21(25)27-4-2/h5-12H,3-4,13-14H2,1-2H3,(H,22,23). The van der Waals surface area contributed by atoms with Gasteiger partial charge in [-0.1, -0.05) is 12.1 Å². The lowest BCUT2D eigenvalue weighted by Crippen LogP contribution is -2.23. The zero-order chi connectivity index (χ0) is 21.1. The Hall–Kier alpha value is -3.55. The maximum atomic E-state index is 11.9. The van der Waals surface area contributed by atoms with E-state index in [-0.39, 0.29) is 13.2 Å². The molecule has 8 heteroatoms. The third-order valence-corrected chi connectivity index (χ3v) is 3.54. The van der Waals surface area contributed by atoms with Crippen LogP contribution in [0, 0.1) is 0 Å². The first-order valence-corrected chi connectivity index (χ1v) is 9.10. The first-order chi connectivity index (χ1) is 14.0. The molecule has 0 aliphatic carbocycles. The van der Waals surface area contributed by atoms with Crippen LogP contribution in [0.2, 0.25) is 0 Å².